The summed E-state index contributed by atoms with van der Waals surface area (Å²) in [4.78, 5) is 6.47. The second-order valence-corrected chi connectivity index (χ2v) is 7.27. The third kappa shape index (κ3) is 3.50. The van der Waals surface area contributed by atoms with Crippen molar-refractivity contribution in [3.63, 3.8) is 0 Å². The number of hydrogen-bond acceptors (Lipinski definition) is 4. The third-order valence-corrected chi connectivity index (χ3v) is 5.41. The highest BCUT2D eigenvalue weighted by Crippen LogP contribution is 2.30. The number of rotatable bonds is 5. The second-order valence-electron chi connectivity index (χ2n) is 7.27. The first kappa shape index (κ1) is 17.9. The fourth-order valence-electron chi connectivity index (χ4n) is 3.96. The van der Waals surface area contributed by atoms with E-state index in [1.165, 1.54) is 0 Å². The van der Waals surface area contributed by atoms with Gasteiger partial charge in [0, 0.05) is 49.9 Å². The molecular formula is C21H21F2N5O. The first-order valence-electron chi connectivity index (χ1n) is 9.75. The molecule has 0 spiro atoms. The number of halogens is 2. The molecule has 0 bridgehead atoms. The molecule has 1 aliphatic heterocycles. The van der Waals surface area contributed by atoms with Crippen LogP contribution in [0.2, 0.25) is 0 Å². The maximum atomic E-state index is 12.8. The molecule has 5 rings (SSSR count). The molecule has 0 aliphatic carbocycles. The molecule has 1 aliphatic rings. The van der Waals surface area contributed by atoms with Crippen LogP contribution in [0, 0.1) is 0 Å². The number of imidazole rings is 1. The van der Waals surface area contributed by atoms with Crippen LogP contribution in [-0.4, -0.2) is 44.8 Å². The van der Waals surface area contributed by atoms with Crippen LogP contribution >= 0.6 is 0 Å². The standard InChI is InChI=1S/C21H21F2N5O/c22-19(23)14-27-12-8-16-17(27)2-1-3-18(16)29-15-6-10-26(11-7-15)21-5-4-20-24-9-13-28(20)25-21/h1-5,8-9,12-13,15,19H,6-7,10-11,14H2. The maximum Gasteiger partial charge on any atom is 0.256 e. The number of nitrogens with zero attached hydrogens (tertiary/aromatic N) is 5. The van der Waals surface area contributed by atoms with Crippen molar-refractivity contribution in [2.45, 2.75) is 31.9 Å². The van der Waals surface area contributed by atoms with Gasteiger partial charge in [-0.15, -0.1) is 5.10 Å². The molecule has 1 saturated heterocycles. The fourth-order valence-corrected chi connectivity index (χ4v) is 3.96. The quantitative estimate of drug-likeness (QED) is 0.511. The molecule has 1 fully saturated rings. The Morgan fingerprint density at radius 2 is 1.93 bits per heavy atom. The van der Waals surface area contributed by atoms with E-state index in [4.69, 9.17) is 4.74 Å². The Labute approximate surface area is 166 Å². The summed E-state index contributed by atoms with van der Waals surface area (Å²) in [6, 6.07) is 11.4. The number of hydrogen-bond donors (Lipinski definition) is 0. The topological polar surface area (TPSA) is 47.6 Å². The van der Waals surface area contributed by atoms with Gasteiger partial charge < -0.3 is 14.2 Å². The fraction of sp³-hybridized carbons (Fsp3) is 0.333. The Morgan fingerprint density at radius 1 is 1.07 bits per heavy atom. The van der Waals surface area contributed by atoms with Gasteiger partial charge in [-0.2, -0.15) is 0 Å². The summed E-state index contributed by atoms with van der Waals surface area (Å²) in [5, 5.41) is 5.49. The Bertz CT molecular complexity index is 1130. The van der Waals surface area contributed by atoms with Crippen LogP contribution in [0.4, 0.5) is 14.6 Å². The van der Waals surface area contributed by atoms with Crippen LogP contribution in [0.15, 0.2) is 55.0 Å². The third-order valence-electron chi connectivity index (χ3n) is 5.41. The van der Waals surface area contributed by atoms with Gasteiger partial charge in [-0.3, -0.25) is 0 Å². The minimum atomic E-state index is -2.38. The molecule has 150 valence electrons. The zero-order chi connectivity index (χ0) is 19.8. The predicted octanol–water partition coefficient (Wildman–Crippen LogP) is 4.00. The average Bonchev–Trinajstić information content (AvgIpc) is 3.35. The van der Waals surface area contributed by atoms with Crippen LogP contribution in [0.1, 0.15) is 12.8 Å². The normalized spacial score (nSPS) is 15.6. The summed E-state index contributed by atoms with van der Waals surface area (Å²) in [5.41, 5.74) is 1.61. The molecule has 1 aromatic carbocycles. The second kappa shape index (κ2) is 7.35. The smallest absolute Gasteiger partial charge is 0.256 e. The highest BCUT2D eigenvalue weighted by molar-refractivity contribution is 5.86. The van der Waals surface area contributed by atoms with Gasteiger partial charge in [-0.25, -0.2) is 18.3 Å². The van der Waals surface area contributed by atoms with Gasteiger partial charge in [0.2, 0.25) is 0 Å². The first-order valence-corrected chi connectivity index (χ1v) is 9.75. The minimum Gasteiger partial charge on any atom is -0.490 e. The minimum absolute atomic E-state index is 0.0901. The number of alkyl halides is 2. The van der Waals surface area contributed by atoms with Crippen LogP contribution in [0.3, 0.4) is 0 Å². The lowest BCUT2D eigenvalue weighted by molar-refractivity contribution is 0.128. The largest absolute Gasteiger partial charge is 0.490 e. The van der Waals surface area contributed by atoms with Gasteiger partial charge >= 0.3 is 0 Å². The molecule has 0 atom stereocenters. The van der Waals surface area contributed by atoms with Gasteiger partial charge in [-0.1, -0.05) is 6.07 Å². The van der Waals surface area contributed by atoms with E-state index in [0.29, 0.717) is 0 Å². The van der Waals surface area contributed by atoms with Crippen molar-refractivity contribution in [3.8, 4) is 5.75 Å². The van der Waals surface area contributed by atoms with E-state index >= 15 is 0 Å². The van der Waals surface area contributed by atoms with Crippen molar-refractivity contribution < 1.29 is 13.5 Å². The van der Waals surface area contributed by atoms with Crippen LogP contribution < -0.4 is 9.64 Å². The van der Waals surface area contributed by atoms with Crippen molar-refractivity contribution in [3.05, 3.63) is 55.0 Å². The lowest BCUT2D eigenvalue weighted by Gasteiger charge is -2.33. The average molecular weight is 397 g/mol. The van der Waals surface area contributed by atoms with E-state index in [0.717, 1.165) is 54.0 Å². The number of benzene rings is 1. The summed E-state index contributed by atoms with van der Waals surface area (Å²) in [7, 11) is 0. The Balaban J connectivity index is 1.27. The summed E-state index contributed by atoms with van der Waals surface area (Å²) in [6.07, 6.45) is 4.73. The lowest BCUT2D eigenvalue weighted by atomic mass is 10.1. The van der Waals surface area contributed by atoms with Crippen LogP contribution in [0.25, 0.3) is 16.6 Å². The highest BCUT2D eigenvalue weighted by Gasteiger charge is 2.23. The van der Waals surface area contributed by atoms with Gasteiger partial charge in [0.05, 0.1) is 12.1 Å². The van der Waals surface area contributed by atoms with E-state index in [9.17, 15) is 8.78 Å². The van der Waals surface area contributed by atoms with Gasteiger partial charge in [0.25, 0.3) is 6.43 Å². The monoisotopic (exact) mass is 397 g/mol. The van der Waals surface area contributed by atoms with Gasteiger partial charge in [0.15, 0.2) is 5.65 Å². The Kier molecular flexibility index (Phi) is 4.54. The van der Waals surface area contributed by atoms with E-state index in [-0.39, 0.29) is 12.6 Å². The zero-order valence-corrected chi connectivity index (χ0v) is 15.8. The lowest BCUT2D eigenvalue weighted by Crippen LogP contribution is -2.38. The highest BCUT2D eigenvalue weighted by atomic mass is 19.3. The molecule has 8 heteroatoms. The van der Waals surface area contributed by atoms with Crippen molar-refractivity contribution >= 4 is 22.4 Å². The molecule has 0 radical (unpaired) electrons. The molecule has 0 saturated carbocycles. The van der Waals surface area contributed by atoms with Crippen molar-refractivity contribution in [2.75, 3.05) is 18.0 Å². The predicted molar refractivity (Wildman–Crippen MR) is 107 cm³/mol. The molecule has 0 amide bonds. The van der Waals surface area contributed by atoms with Crippen molar-refractivity contribution in [1.82, 2.24) is 19.2 Å². The van der Waals surface area contributed by atoms with Crippen LogP contribution in [0.5, 0.6) is 5.75 Å². The molecule has 6 nitrogen and oxygen atoms in total. The van der Waals surface area contributed by atoms with Crippen LogP contribution in [-0.2, 0) is 6.54 Å². The number of aromatic nitrogens is 4. The molecule has 3 aromatic heterocycles. The van der Waals surface area contributed by atoms with Gasteiger partial charge in [0.1, 0.15) is 17.7 Å². The molecule has 29 heavy (non-hydrogen) atoms. The van der Waals surface area contributed by atoms with E-state index in [2.05, 4.69) is 15.0 Å². The van der Waals surface area contributed by atoms with E-state index in [1.807, 2.05) is 42.6 Å². The van der Waals surface area contributed by atoms with Crippen molar-refractivity contribution in [2.24, 2.45) is 0 Å². The number of piperidine rings is 1. The molecule has 4 aromatic rings. The van der Waals surface area contributed by atoms with Gasteiger partial charge in [-0.05, 0) is 30.3 Å². The molecule has 0 unspecified atom stereocenters. The summed E-state index contributed by atoms with van der Waals surface area (Å²) >= 11 is 0. The number of anilines is 1. The molecule has 0 N–H and O–H groups in total. The van der Waals surface area contributed by atoms with E-state index < -0.39 is 6.43 Å². The maximum absolute atomic E-state index is 12.8. The number of fused-ring (bicyclic) bond motifs is 2. The first-order chi connectivity index (χ1) is 14.2. The molecule has 4 heterocycles. The summed E-state index contributed by atoms with van der Waals surface area (Å²) in [6.45, 7) is 1.39. The Hall–Kier alpha value is -3.16. The zero-order valence-electron chi connectivity index (χ0n) is 15.8. The molecular weight excluding hydrogens is 376 g/mol. The number of ether oxygens (including phenoxy) is 1. The Morgan fingerprint density at radius 3 is 2.76 bits per heavy atom. The SMILES string of the molecule is FC(F)Cn1ccc2c(OC3CCN(c4ccc5nccn5n4)CC3)cccc21. The van der Waals surface area contributed by atoms with Crippen molar-refractivity contribution in [1.29, 1.82) is 0 Å². The summed E-state index contributed by atoms with van der Waals surface area (Å²) < 4.78 is 35.2. The summed E-state index contributed by atoms with van der Waals surface area (Å²) in [5.74, 6) is 1.69. The van der Waals surface area contributed by atoms with E-state index in [1.54, 1.807) is 21.5 Å².